The summed E-state index contributed by atoms with van der Waals surface area (Å²) in [6.45, 7) is 6.46. The molecule has 2 aromatic carbocycles. The lowest BCUT2D eigenvalue weighted by Crippen LogP contribution is -2.10. The van der Waals surface area contributed by atoms with Gasteiger partial charge in [0.25, 0.3) is 0 Å². The summed E-state index contributed by atoms with van der Waals surface area (Å²) >= 11 is 0. The Hall–Kier alpha value is -2.95. The molecule has 0 aliphatic rings. The van der Waals surface area contributed by atoms with Gasteiger partial charge in [-0.1, -0.05) is 20.8 Å². The average molecular weight is 363 g/mol. The van der Waals surface area contributed by atoms with Gasteiger partial charge in [-0.15, -0.1) is 10.2 Å². The fourth-order valence-electron chi connectivity index (χ4n) is 2.72. The molecule has 27 heavy (non-hydrogen) atoms. The van der Waals surface area contributed by atoms with E-state index in [1.807, 2.05) is 48.5 Å². The fourth-order valence-corrected chi connectivity index (χ4v) is 2.72. The molecule has 0 fully saturated rings. The molecule has 0 N–H and O–H groups in total. The van der Waals surface area contributed by atoms with E-state index < -0.39 is 0 Å². The van der Waals surface area contributed by atoms with Crippen LogP contribution in [0.25, 0.3) is 22.5 Å². The van der Waals surface area contributed by atoms with Gasteiger partial charge in [0.15, 0.2) is 5.82 Å². The van der Waals surface area contributed by atoms with Crippen molar-refractivity contribution in [3.8, 4) is 34.0 Å². The minimum Gasteiger partial charge on any atom is -0.497 e. The molecule has 0 aliphatic carbocycles. The van der Waals surface area contributed by atoms with Crippen molar-refractivity contribution in [3.05, 3.63) is 54.4 Å². The molecule has 1 heterocycles. The molecule has 5 nitrogen and oxygen atoms in total. The van der Waals surface area contributed by atoms with E-state index in [4.69, 9.17) is 14.5 Å². The first-order valence-electron chi connectivity index (χ1n) is 9.07. The highest BCUT2D eigenvalue weighted by Gasteiger charge is 2.19. The van der Waals surface area contributed by atoms with E-state index in [9.17, 15) is 0 Å². The second-order valence-electron chi connectivity index (χ2n) is 6.86. The SMILES string of the molecule is COc1ccc(-c2nnc(C(C)C(C)C)nc2-c2ccc(OC)cc2)cc1. The first-order valence-corrected chi connectivity index (χ1v) is 9.07. The van der Waals surface area contributed by atoms with Gasteiger partial charge in [0.2, 0.25) is 0 Å². The maximum atomic E-state index is 5.28. The molecule has 140 valence electrons. The lowest BCUT2D eigenvalue weighted by atomic mass is 9.97. The zero-order chi connectivity index (χ0) is 19.4. The average Bonchev–Trinajstić information content (AvgIpc) is 2.73. The van der Waals surface area contributed by atoms with Gasteiger partial charge < -0.3 is 9.47 Å². The van der Waals surface area contributed by atoms with Gasteiger partial charge in [0.05, 0.1) is 14.2 Å². The molecule has 1 unspecified atom stereocenters. The highest BCUT2D eigenvalue weighted by Crippen LogP contribution is 2.32. The number of hydrogen-bond acceptors (Lipinski definition) is 5. The van der Waals surface area contributed by atoms with Crippen molar-refractivity contribution < 1.29 is 9.47 Å². The van der Waals surface area contributed by atoms with Crippen LogP contribution in [0.4, 0.5) is 0 Å². The Labute approximate surface area is 160 Å². The molecule has 3 aromatic rings. The molecule has 0 amide bonds. The zero-order valence-electron chi connectivity index (χ0n) is 16.4. The summed E-state index contributed by atoms with van der Waals surface area (Å²) in [6.07, 6.45) is 0. The Morgan fingerprint density at radius 1 is 0.667 bits per heavy atom. The molecule has 0 saturated carbocycles. The first-order chi connectivity index (χ1) is 13.0. The lowest BCUT2D eigenvalue weighted by molar-refractivity contribution is 0.414. The van der Waals surface area contributed by atoms with E-state index >= 15 is 0 Å². The van der Waals surface area contributed by atoms with E-state index in [1.54, 1.807) is 14.2 Å². The Kier molecular flexibility index (Phi) is 5.69. The van der Waals surface area contributed by atoms with Gasteiger partial charge in [0.1, 0.15) is 22.9 Å². The van der Waals surface area contributed by atoms with Crippen LogP contribution in [-0.4, -0.2) is 29.4 Å². The van der Waals surface area contributed by atoms with Crippen molar-refractivity contribution in [2.75, 3.05) is 14.2 Å². The highest BCUT2D eigenvalue weighted by molar-refractivity contribution is 5.77. The number of ether oxygens (including phenoxy) is 2. The van der Waals surface area contributed by atoms with Gasteiger partial charge in [-0.2, -0.15) is 0 Å². The molecule has 0 spiro atoms. The van der Waals surface area contributed by atoms with E-state index in [2.05, 4.69) is 31.0 Å². The van der Waals surface area contributed by atoms with E-state index in [0.717, 1.165) is 39.8 Å². The summed E-state index contributed by atoms with van der Waals surface area (Å²) in [4.78, 5) is 4.89. The first kappa shape index (κ1) is 18.8. The molecule has 1 aromatic heterocycles. The second-order valence-corrected chi connectivity index (χ2v) is 6.86. The van der Waals surface area contributed by atoms with Crippen molar-refractivity contribution >= 4 is 0 Å². The van der Waals surface area contributed by atoms with Gasteiger partial charge in [-0.25, -0.2) is 4.98 Å². The monoisotopic (exact) mass is 363 g/mol. The van der Waals surface area contributed by atoms with Crippen molar-refractivity contribution in [1.29, 1.82) is 0 Å². The predicted molar refractivity (Wildman–Crippen MR) is 107 cm³/mol. The predicted octanol–water partition coefficient (Wildman–Crippen LogP) is 4.98. The number of nitrogens with zero attached hydrogens (tertiary/aromatic N) is 3. The van der Waals surface area contributed by atoms with Crippen molar-refractivity contribution in [3.63, 3.8) is 0 Å². The minimum atomic E-state index is 0.222. The Balaban J connectivity index is 2.13. The second kappa shape index (κ2) is 8.16. The van der Waals surface area contributed by atoms with Crippen LogP contribution in [0.15, 0.2) is 48.5 Å². The largest absolute Gasteiger partial charge is 0.497 e. The number of methoxy groups -OCH3 is 2. The number of aromatic nitrogens is 3. The molecule has 0 saturated heterocycles. The molecule has 3 rings (SSSR count). The van der Waals surface area contributed by atoms with Crippen molar-refractivity contribution in [2.45, 2.75) is 26.7 Å². The fraction of sp³-hybridized carbons (Fsp3) is 0.318. The van der Waals surface area contributed by atoms with Gasteiger partial charge in [-0.05, 0) is 54.4 Å². The quantitative estimate of drug-likeness (QED) is 0.618. The Morgan fingerprint density at radius 3 is 1.59 bits per heavy atom. The summed E-state index contributed by atoms with van der Waals surface area (Å²) in [7, 11) is 3.31. The molecule has 5 heteroatoms. The Morgan fingerprint density at radius 2 is 1.15 bits per heavy atom. The maximum absolute atomic E-state index is 5.28. The summed E-state index contributed by atoms with van der Waals surface area (Å²) < 4.78 is 10.5. The van der Waals surface area contributed by atoms with Gasteiger partial charge >= 0.3 is 0 Å². The van der Waals surface area contributed by atoms with E-state index in [0.29, 0.717) is 5.92 Å². The normalized spacial score (nSPS) is 12.1. The summed E-state index contributed by atoms with van der Waals surface area (Å²) in [6, 6.07) is 15.6. The molecule has 0 bridgehead atoms. The molecular weight excluding hydrogens is 338 g/mol. The van der Waals surface area contributed by atoms with Crippen LogP contribution in [0.5, 0.6) is 11.5 Å². The number of benzene rings is 2. The smallest absolute Gasteiger partial charge is 0.154 e. The van der Waals surface area contributed by atoms with Crippen LogP contribution < -0.4 is 9.47 Å². The topological polar surface area (TPSA) is 57.1 Å². The number of rotatable bonds is 6. The van der Waals surface area contributed by atoms with Crippen LogP contribution in [0, 0.1) is 5.92 Å². The summed E-state index contributed by atoms with van der Waals surface area (Å²) in [5.41, 5.74) is 3.50. The minimum absolute atomic E-state index is 0.222. The lowest BCUT2D eigenvalue weighted by Gasteiger charge is -2.16. The molecule has 0 radical (unpaired) electrons. The van der Waals surface area contributed by atoms with Gasteiger partial charge in [0, 0.05) is 17.0 Å². The number of hydrogen-bond donors (Lipinski definition) is 0. The third kappa shape index (κ3) is 4.08. The molecule has 0 aliphatic heterocycles. The molecule has 1 atom stereocenters. The third-order valence-corrected chi connectivity index (χ3v) is 4.84. The third-order valence-electron chi connectivity index (χ3n) is 4.84. The van der Waals surface area contributed by atoms with Crippen LogP contribution in [-0.2, 0) is 0 Å². The van der Waals surface area contributed by atoms with Crippen LogP contribution in [0.3, 0.4) is 0 Å². The zero-order valence-corrected chi connectivity index (χ0v) is 16.4. The van der Waals surface area contributed by atoms with Gasteiger partial charge in [-0.3, -0.25) is 0 Å². The van der Waals surface area contributed by atoms with Crippen LogP contribution in [0.1, 0.15) is 32.5 Å². The maximum Gasteiger partial charge on any atom is 0.154 e. The van der Waals surface area contributed by atoms with E-state index in [1.165, 1.54) is 0 Å². The van der Waals surface area contributed by atoms with Crippen LogP contribution in [0.2, 0.25) is 0 Å². The Bertz CT molecular complexity index is 890. The standard InChI is InChI=1S/C22H25N3O2/c1-14(2)15(3)22-23-20(16-6-10-18(26-4)11-7-16)21(24-25-22)17-8-12-19(27-5)13-9-17/h6-15H,1-5H3. The summed E-state index contributed by atoms with van der Waals surface area (Å²) in [5.74, 6) is 3.02. The summed E-state index contributed by atoms with van der Waals surface area (Å²) in [5, 5.41) is 8.96. The van der Waals surface area contributed by atoms with E-state index in [-0.39, 0.29) is 5.92 Å². The van der Waals surface area contributed by atoms with Crippen molar-refractivity contribution in [1.82, 2.24) is 15.2 Å². The molecular formula is C22H25N3O2. The van der Waals surface area contributed by atoms with Crippen LogP contribution >= 0.6 is 0 Å². The highest BCUT2D eigenvalue weighted by atomic mass is 16.5. The van der Waals surface area contributed by atoms with Crippen molar-refractivity contribution in [2.24, 2.45) is 5.92 Å².